The van der Waals surface area contributed by atoms with Gasteiger partial charge in [0.1, 0.15) is 6.54 Å². The third-order valence-electron chi connectivity index (χ3n) is 3.02. The predicted molar refractivity (Wildman–Crippen MR) is 67.3 cm³/mol. The quantitative estimate of drug-likeness (QED) is 0.799. The van der Waals surface area contributed by atoms with E-state index in [9.17, 15) is 0 Å². The molecule has 1 fully saturated rings. The van der Waals surface area contributed by atoms with Crippen molar-refractivity contribution in [3.05, 3.63) is 23.6 Å². The normalized spacial score (nSPS) is 15.0. The molecule has 0 unspecified atom stereocenters. The Morgan fingerprint density at radius 2 is 2.37 bits per heavy atom. The van der Waals surface area contributed by atoms with Crippen molar-refractivity contribution >= 4 is 0 Å². The molecule has 3 rings (SSSR count). The topological polar surface area (TPSA) is 81.7 Å². The molecule has 0 bridgehead atoms. The number of nitrogens with zero attached hydrogens (tertiary/aromatic N) is 5. The van der Waals surface area contributed by atoms with Crippen LogP contribution in [0.1, 0.15) is 43.6 Å². The molecule has 0 amide bonds. The van der Waals surface area contributed by atoms with E-state index >= 15 is 0 Å². The first-order chi connectivity index (χ1) is 9.33. The number of nitrogens with one attached hydrogen (secondary N) is 1. The lowest BCUT2D eigenvalue weighted by molar-refractivity contribution is 0.359. The Balaban J connectivity index is 1.55. The highest BCUT2D eigenvalue weighted by molar-refractivity contribution is 4.96. The van der Waals surface area contributed by atoms with Gasteiger partial charge in [0.25, 0.3) is 0 Å². The monoisotopic (exact) mass is 262 g/mol. The third kappa shape index (κ3) is 3.37. The molecule has 0 saturated heterocycles. The molecule has 1 aliphatic carbocycles. The molecule has 0 aromatic carbocycles. The van der Waals surface area contributed by atoms with Crippen LogP contribution in [0.4, 0.5) is 0 Å². The van der Waals surface area contributed by atoms with Crippen LogP contribution >= 0.6 is 0 Å². The van der Waals surface area contributed by atoms with E-state index in [1.807, 2.05) is 6.20 Å². The van der Waals surface area contributed by atoms with Crippen molar-refractivity contribution in [2.75, 3.05) is 0 Å². The van der Waals surface area contributed by atoms with Gasteiger partial charge in [-0.3, -0.25) is 0 Å². The number of rotatable bonds is 7. The van der Waals surface area contributed by atoms with Gasteiger partial charge in [0.05, 0.1) is 11.9 Å². The molecule has 2 aromatic rings. The Hall–Kier alpha value is -1.76. The molecule has 19 heavy (non-hydrogen) atoms. The summed E-state index contributed by atoms with van der Waals surface area (Å²) in [4.78, 5) is 4.31. The van der Waals surface area contributed by atoms with E-state index in [0.717, 1.165) is 30.9 Å². The largest absolute Gasteiger partial charge is 0.337 e. The molecule has 7 heteroatoms. The van der Waals surface area contributed by atoms with Crippen molar-refractivity contribution in [2.45, 2.75) is 51.7 Å². The Morgan fingerprint density at radius 1 is 1.47 bits per heavy atom. The summed E-state index contributed by atoms with van der Waals surface area (Å²) < 4.78 is 6.90. The Bertz CT molecular complexity index is 530. The fourth-order valence-corrected chi connectivity index (χ4v) is 1.85. The summed E-state index contributed by atoms with van der Waals surface area (Å²) in [7, 11) is 0. The smallest absolute Gasteiger partial charge is 0.248 e. The fourth-order valence-electron chi connectivity index (χ4n) is 1.85. The van der Waals surface area contributed by atoms with Gasteiger partial charge in [0.2, 0.25) is 5.89 Å². The average molecular weight is 262 g/mol. The lowest BCUT2D eigenvalue weighted by atomic mass is 10.3. The van der Waals surface area contributed by atoms with E-state index in [-0.39, 0.29) is 0 Å². The molecule has 0 radical (unpaired) electrons. The van der Waals surface area contributed by atoms with Gasteiger partial charge in [0.15, 0.2) is 5.82 Å². The minimum atomic E-state index is 0.479. The molecule has 2 aromatic heterocycles. The number of aryl methyl sites for hydroxylation is 1. The molecule has 1 N–H and O–H groups in total. The summed E-state index contributed by atoms with van der Waals surface area (Å²) in [5.41, 5.74) is 0.945. The maximum Gasteiger partial charge on any atom is 0.248 e. The zero-order valence-corrected chi connectivity index (χ0v) is 11.0. The third-order valence-corrected chi connectivity index (χ3v) is 3.02. The van der Waals surface area contributed by atoms with Crippen LogP contribution in [-0.2, 0) is 19.5 Å². The standard InChI is InChI=1S/C12H18N6O/c1-2-3-11-14-12(19-16-11)8-18-7-10(15-17-18)6-13-9-4-5-9/h7,9,13H,2-6,8H2,1H3. The van der Waals surface area contributed by atoms with E-state index in [0.29, 0.717) is 18.5 Å². The molecule has 0 atom stereocenters. The molecular formula is C12H18N6O. The van der Waals surface area contributed by atoms with Gasteiger partial charge in [0, 0.05) is 19.0 Å². The minimum Gasteiger partial charge on any atom is -0.337 e. The van der Waals surface area contributed by atoms with Crippen LogP contribution in [0.15, 0.2) is 10.7 Å². The average Bonchev–Trinajstić information content (AvgIpc) is 2.97. The molecule has 1 saturated carbocycles. The highest BCUT2D eigenvalue weighted by atomic mass is 16.5. The second-order valence-corrected chi connectivity index (χ2v) is 4.92. The molecular weight excluding hydrogens is 244 g/mol. The predicted octanol–water partition coefficient (Wildman–Crippen LogP) is 0.914. The maximum absolute atomic E-state index is 5.17. The van der Waals surface area contributed by atoms with Gasteiger partial charge >= 0.3 is 0 Å². The zero-order valence-electron chi connectivity index (χ0n) is 11.0. The summed E-state index contributed by atoms with van der Waals surface area (Å²) in [5, 5.41) is 15.5. The summed E-state index contributed by atoms with van der Waals surface area (Å²) in [6.07, 6.45) is 6.32. The molecule has 2 heterocycles. The van der Waals surface area contributed by atoms with E-state index in [1.54, 1.807) is 4.68 Å². The van der Waals surface area contributed by atoms with Crippen LogP contribution in [0, 0.1) is 0 Å². The molecule has 7 nitrogen and oxygen atoms in total. The van der Waals surface area contributed by atoms with Crippen LogP contribution in [0.2, 0.25) is 0 Å². The van der Waals surface area contributed by atoms with Crippen molar-refractivity contribution in [1.29, 1.82) is 0 Å². The maximum atomic E-state index is 5.17. The van der Waals surface area contributed by atoms with Crippen LogP contribution < -0.4 is 5.32 Å². The number of hydrogen-bond donors (Lipinski definition) is 1. The van der Waals surface area contributed by atoms with Crippen LogP contribution in [-0.4, -0.2) is 31.2 Å². The Kier molecular flexibility index (Phi) is 3.54. The Morgan fingerprint density at radius 3 is 3.16 bits per heavy atom. The van der Waals surface area contributed by atoms with E-state index in [4.69, 9.17) is 4.52 Å². The number of hydrogen-bond acceptors (Lipinski definition) is 6. The SMILES string of the molecule is CCCc1noc(Cn2cc(CNC3CC3)nn2)n1. The first-order valence-electron chi connectivity index (χ1n) is 6.77. The second kappa shape index (κ2) is 5.48. The lowest BCUT2D eigenvalue weighted by Gasteiger charge is -1.96. The van der Waals surface area contributed by atoms with E-state index in [1.165, 1.54) is 12.8 Å². The second-order valence-electron chi connectivity index (χ2n) is 4.92. The molecule has 102 valence electrons. The number of aromatic nitrogens is 5. The van der Waals surface area contributed by atoms with E-state index < -0.39 is 0 Å². The molecule has 0 spiro atoms. The van der Waals surface area contributed by atoms with Crippen molar-refractivity contribution in [2.24, 2.45) is 0 Å². The molecule has 1 aliphatic rings. The van der Waals surface area contributed by atoms with Gasteiger partial charge in [-0.2, -0.15) is 4.98 Å². The van der Waals surface area contributed by atoms with Crippen molar-refractivity contribution in [3.8, 4) is 0 Å². The van der Waals surface area contributed by atoms with Gasteiger partial charge < -0.3 is 9.84 Å². The minimum absolute atomic E-state index is 0.479. The van der Waals surface area contributed by atoms with Gasteiger partial charge in [-0.1, -0.05) is 17.3 Å². The fraction of sp³-hybridized carbons (Fsp3) is 0.667. The highest BCUT2D eigenvalue weighted by Gasteiger charge is 2.20. The van der Waals surface area contributed by atoms with Gasteiger partial charge in [-0.05, 0) is 19.3 Å². The Labute approximate surface area is 111 Å². The first-order valence-corrected chi connectivity index (χ1v) is 6.77. The van der Waals surface area contributed by atoms with Crippen LogP contribution in [0.5, 0.6) is 0 Å². The summed E-state index contributed by atoms with van der Waals surface area (Å²) in [6.45, 7) is 3.34. The zero-order chi connectivity index (χ0) is 13.1. The van der Waals surface area contributed by atoms with Crippen molar-refractivity contribution in [3.63, 3.8) is 0 Å². The van der Waals surface area contributed by atoms with Gasteiger partial charge in [-0.15, -0.1) is 5.10 Å². The van der Waals surface area contributed by atoms with Crippen LogP contribution in [0.25, 0.3) is 0 Å². The van der Waals surface area contributed by atoms with Gasteiger partial charge in [-0.25, -0.2) is 4.68 Å². The van der Waals surface area contributed by atoms with E-state index in [2.05, 4.69) is 32.7 Å². The summed E-state index contributed by atoms with van der Waals surface area (Å²) >= 11 is 0. The van der Waals surface area contributed by atoms with Crippen LogP contribution in [0.3, 0.4) is 0 Å². The first kappa shape index (κ1) is 12.3. The van der Waals surface area contributed by atoms with Crippen molar-refractivity contribution < 1.29 is 4.52 Å². The summed E-state index contributed by atoms with van der Waals surface area (Å²) in [6, 6.07) is 0.678. The lowest BCUT2D eigenvalue weighted by Crippen LogP contribution is -2.15. The highest BCUT2D eigenvalue weighted by Crippen LogP contribution is 2.18. The summed E-state index contributed by atoms with van der Waals surface area (Å²) in [5.74, 6) is 1.34. The van der Waals surface area contributed by atoms with Crippen molar-refractivity contribution in [1.82, 2.24) is 30.5 Å². The molecule has 0 aliphatic heterocycles.